The molecule has 1 N–H and O–H groups in total. The van der Waals surface area contributed by atoms with Gasteiger partial charge in [0.2, 0.25) is 0 Å². The summed E-state index contributed by atoms with van der Waals surface area (Å²) in [5.74, 6) is 1.18. The summed E-state index contributed by atoms with van der Waals surface area (Å²) < 4.78 is 11.3. The number of amides is 1. The van der Waals surface area contributed by atoms with Crippen LogP contribution in [0.3, 0.4) is 0 Å². The summed E-state index contributed by atoms with van der Waals surface area (Å²) in [6.45, 7) is 3.48. The molecular weight excluding hydrogens is 316 g/mol. The highest BCUT2D eigenvalue weighted by molar-refractivity contribution is 6.04. The summed E-state index contributed by atoms with van der Waals surface area (Å²) in [5.41, 5.74) is 2.57. The Labute approximate surface area is 147 Å². The third-order valence-corrected chi connectivity index (χ3v) is 4.61. The summed E-state index contributed by atoms with van der Waals surface area (Å²) >= 11 is 0. The number of rotatable bonds is 3. The first-order chi connectivity index (χ1) is 12.3. The van der Waals surface area contributed by atoms with Gasteiger partial charge in [0.05, 0.1) is 13.2 Å². The average Bonchev–Trinajstić information content (AvgIpc) is 3.07. The lowest BCUT2D eigenvalue weighted by molar-refractivity contribution is 0.102. The number of benzene rings is 2. The first kappa shape index (κ1) is 15.8. The molecule has 0 saturated carbocycles. The van der Waals surface area contributed by atoms with Crippen LogP contribution in [0.4, 0.5) is 11.4 Å². The van der Waals surface area contributed by atoms with Crippen LogP contribution in [0.2, 0.25) is 0 Å². The Balaban J connectivity index is 1.45. The second-order valence-electron chi connectivity index (χ2n) is 6.41. The van der Waals surface area contributed by atoms with Gasteiger partial charge in [0, 0.05) is 36.4 Å². The number of carbonyl (C=O) groups is 1. The Hall–Kier alpha value is -2.69. The number of carbonyl (C=O) groups excluding carboxylic acids is 1. The molecule has 1 saturated heterocycles. The van der Waals surface area contributed by atoms with Gasteiger partial charge in [-0.3, -0.25) is 4.79 Å². The third-order valence-electron chi connectivity index (χ3n) is 4.61. The minimum atomic E-state index is -0.149. The van der Waals surface area contributed by atoms with Gasteiger partial charge in [0.25, 0.3) is 5.91 Å². The lowest BCUT2D eigenvalue weighted by atomic mass is 10.1. The molecule has 0 spiro atoms. The minimum absolute atomic E-state index is 0.149. The van der Waals surface area contributed by atoms with Crippen molar-refractivity contribution in [2.45, 2.75) is 19.3 Å². The van der Waals surface area contributed by atoms with Gasteiger partial charge in [0.15, 0.2) is 11.5 Å². The Morgan fingerprint density at radius 1 is 0.880 bits per heavy atom. The van der Waals surface area contributed by atoms with Crippen LogP contribution in [0.25, 0.3) is 0 Å². The molecule has 4 rings (SSSR count). The van der Waals surface area contributed by atoms with Gasteiger partial charge in [-0.15, -0.1) is 0 Å². The predicted molar refractivity (Wildman–Crippen MR) is 97.9 cm³/mol. The van der Waals surface area contributed by atoms with Crippen LogP contribution < -0.4 is 19.7 Å². The van der Waals surface area contributed by atoms with Crippen LogP contribution in [-0.2, 0) is 0 Å². The first-order valence-electron chi connectivity index (χ1n) is 8.86. The fourth-order valence-corrected chi connectivity index (χ4v) is 3.24. The molecule has 0 aliphatic carbocycles. The number of ether oxygens (including phenoxy) is 2. The Kier molecular flexibility index (Phi) is 4.46. The molecule has 2 aromatic rings. The maximum Gasteiger partial charge on any atom is 0.255 e. The molecule has 0 radical (unpaired) electrons. The van der Waals surface area contributed by atoms with Crippen molar-refractivity contribution in [2.24, 2.45) is 0 Å². The van der Waals surface area contributed by atoms with E-state index in [-0.39, 0.29) is 5.91 Å². The molecule has 5 nitrogen and oxygen atoms in total. The van der Waals surface area contributed by atoms with E-state index in [1.807, 2.05) is 12.1 Å². The zero-order valence-electron chi connectivity index (χ0n) is 14.2. The van der Waals surface area contributed by atoms with Crippen LogP contribution in [0.5, 0.6) is 11.5 Å². The molecule has 0 atom stereocenters. The number of fused-ring (bicyclic) bond motifs is 1. The maximum atomic E-state index is 12.5. The highest BCUT2D eigenvalue weighted by Crippen LogP contribution is 2.30. The molecule has 5 heteroatoms. The smallest absolute Gasteiger partial charge is 0.255 e. The molecule has 2 aliphatic heterocycles. The largest absolute Gasteiger partial charge is 0.490 e. The summed E-state index contributed by atoms with van der Waals surface area (Å²) in [6.07, 6.45) is 3.35. The molecular formula is C20H22N2O3. The molecule has 0 unspecified atom stereocenters. The summed E-state index contributed by atoms with van der Waals surface area (Å²) in [6, 6.07) is 13.3. The van der Waals surface area contributed by atoms with Crippen LogP contribution >= 0.6 is 0 Å². The van der Waals surface area contributed by atoms with Crippen molar-refractivity contribution in [3.63, 3.8) is 0 Å². The third kappa shape index (κ3) is 3.55. The van der Waals surface area contributed by atoms with E-state index >= 15 is 0 Å². The lowest BCUT2D eigenvalue weighted by Gasteiger charge is -2.17. The molecule has 0 aromatic heterocycles. The first-order valence-corrected chi connectivity index (χ1v) is 8.86. The van der Waals surface area contributed by atoms with Crippen molar-refractivity contribution >= 4 is 17.3 Å². The quantitative estimate of drug-likeness (QED) is 0.927. The number of nitrogens with zero attached hydrogens (tertiary/aromatic N) is 1. The molecule has 1 fully saturated rings. The van der Waals surface area contributed by atoms with E-state index in [9.17, 15) is 4.79 Å². The van der Waals surface area contributed by atoms with Crippen LogP contribution in [0, 0.1) is 0 Å². The summed E-state index contributed by atoms with van der Waals surface area (Å²) in [5, 5.41) is 2.94. The van der Waals surface area contributed by atoms with E-state index in [1.54, 1.807) is 18.2 Å². The molecule has 2 heterocycles. The van der Waals surface area contributed by atoms with Gasteiger partial charge in [-0.1, -0.05) is 0 Å². The Morgan fingerprint density at radius 2 is 1.60 bits per heavy atom. The van der Waals surface area contributed by atoms with Crippen LogP contribution in [0.15, 0.2) is 42.5 Å². The van der Waals surface area contributed by atoms with Crippen molar-refractivity contribution in [3.05, 3.63) is 48.0 Å². The van der Waals surface area contributed by atoms with Crippen molar-refractivity contribution in [1.82, 2.24) is 0 Å². The zero-order chi connectivity index (χ0) is 17.1. The number of anilines is 2. The van der Waals surface area contributed by atoms with Crippen molar-refractivity contribution in [2.75, 3.05) is 36.5 Å². The van der Waals surface area contributed by atoms with E-state index in [0.717, 1.165) is 25.2 Å². The second-order valence-corrected chi connectivity index (χ2v) is 6.41. The highest BCUT2D eigenvalue weighted by atomic mass is 16.5. The Bertz CT molecular complexity index is 752. The second kappa shape index (κ2) is 7.05. The van der Waals surface area contributed by atoms with Gasteiger partial charge in [-0.2, -0.15) is 0 Å². The number of hydrogen-bond acceptors (Lipinski definition) is 4. The lowest BCUT2D eigenvalue weighted by Crippen LogP contribution is -2.17. The standard InChI is InChI=1S/C20H22N2O3/c23-20(15-4-9-18-19(14-15)25-13-3-12-24-18)21-16-5-7-17(8-6-16)22-10-1-2-11-22/h4-9,14H,1-3,10-13H2,(H,21,23). The number of nitrogens with one attached hydrogen (secondary N) is 1. The maximum absolute atomic E-state index is 12.5. The minimum Gasteiger partial charge on any atom is -0.490 e. The van der Waals surface area contributed by atoms with Crippen LogP contribution in [0.1, 0.15) is 29.6 Å². The van der Waals surface area contributed by atoms with Gasteiger partial charge >= 0.3 is 0 Å². The number of hydrogen-bond donors (Lipinski definition) is 1. The molecule has 0 bridgehead atoms. The van der Waals surface area contributed by atoms with Gasteiger partial charge in [-0.05, 0) is 55.3 Å². The molecule has 2 aliphatic rings. The fourth-order valence-electron chi connectivity index (χ4n) is 3.24. The zero-order valence-corrected chi connectivity index (χ0v) is 14.2. The van der Waals surface area contributed by atoms with Crippen molar-refractivity contribution in [1.29, 1.82) is 0 Å². The van der Waals surface area contributed by atoms with Crippen molar-refractivity contribution < 1.29 is 14.3 Å². The topological polar surface area (TPSA) is 50.8 Å². The molecule has 25 heavy (non-hydrogen) atoms. The molecule has 130 valence electrons. The fraction of sp³-hybridized carbons (Fsp3) is 0.350. The summed E-state index contributed by atoms with van der Waals surface area (Å²) in [7, 11) is 0. The summed E-state index contributed by atoms with van der Waals surface area (Å²) in [4.78, 5) is 14.9. The van der Waals surface area contributed by atoms with Crippen molar-refractivity contribution in [3.8, 4) is 11.5 Å². The van der Waals surface area contributed by atoms with Gasteiger partial charge in [0.1, 0.15) is 0 Å². The van der Waals surface area contributed by atoms with E-state index in [1.165, 1.54) is 18.5 Å². The Morgan fingerprint density at radius 3 is 2.36 bits per heavy atom. The van der Waals surface area contributed by atoms with E-state index in [2.05, 4.69) is 22.3 Å². The van der Waals surface area contributed by atoms with Gasteiger partial charge < -0.3 is 19.7 Å². The van der Waals surface area contributed by atoms with Gasteiger partial charge in [-0.25, -0.2) is 0 Å². The van der Waals surface area contributed by atoms with Crippen LogP contribution in [-0.4, -0.2) is 32.2 Å². The van der Waals surface area contributed by atoms with E-state index < -0.39 is 0 Å². The average molecular weight is 338 g/mol. The normalized spacial score (nSPS) is 16.4. The highest BCUT2D eigenvalue weighted by Gasteiger charge is 2.15. The molecule has 1 amide bonds. The monoisotopic (exact) mass is 338 g/mol. The van der Waals surface area contributed by atoms with E-state index in [4.69, 9.17) is 9.47 Å². The van der Waals surface area contributed by atoms with E-state index in [0.29, 0.717) is 30.3 Å². The predicted octanol–water partition coefficient (Wildman–Crippen LogP) is 3.70. The molecule has 2 aromatic carbocycles. The SMILES string of the molecule is O=C(Nc1ccc(N2CCCC2)cc1)c1ccc2c(c1)OCCCO2.